The Bertz CT molecular complexity index is 784. The van der Waals surface area contributed by atoms with E-state index >= 15 is 0 Å². The molecule has 0 unspecified atom stereocenters. The van der Waals surface area contributed by atoms with Gasteiger partial charge in [0.2, 0.25) is 0 Å². The molecule has 3 N–H and O–H groups in total. The summed E-state index contributed by atoms with van der Waals surface area (Å²) in [4.78, 5) is 3.40. The summed E-state index contributed by atoms with van der Waals surface area (Å²) >= 11 is 0. The van der Waals surface area contributed by atoms with Gasteiger partial charge in [-0.3, -0.25) is 0 Å². The van der Waals surface area contributed by atoms with Gasteiger partial charge in [0.1, 0.15) is 5.82 Å². The Labute approximate surface area is 150 Å². The van der Waals surface area contributed by atoms with Crippen molar-refractivity contribution in [3.63, 3.8) is 0 Å². The molecule has 1 heterocycles. The zero-order chi connectivity index (χ0) is 17.8. The van der Waals surface area contributed by atoms with Gasteiger partial charge < -0.3 is 15.7 Å². The third-order valence-electron chi connectivity index (χ3n) is 4.90. The molecule has 3 nitrogen and oxygen atoms in total. The van der Waals surface area contributed by atoms with E-state index in [1.807, 2.05) is 6.08 Å². The molecular weight excluding hydrogens is 306 g/mol. The van der Waals surface area contributed by atoms with Gasteiger partial charge in [0.25, 0.3) is 0 Å². The molecule has 1 aliphatic rings. The summed E-state index contributed by atoms with van der Waals surface area (Å²) in [5, 5.41) is 10.8. The SMILES string of the molecule is C=C(Nc1[nH]cc(-c2c(CC)cccc2CC)c1/C=C\C=N)C1CC1. The van der Waals surface area contributed by atoms with Gasteiger partial charge in [-0.15, -0.1) is 0 Å². The lowest BCUT2D eigenvalue weighted by atomic mass is 9.91. The molecule has 0 saturated heterocycles. The summed E-state index contributed by atoms with van der Waals surface area (Å²) < 4.78 is 0. The molecule has 1 aromatic carbocycles. The second kappa shape index (κ2) is 7.56. The zero-order valence-corrected chi connectivity index (χ0v) is 15.2. The molecule has 1 aliphatic carbocycles. The van der Waals surface area contributed by atoms with Crippen LogP contribution in [0.5, 0.6) is 0 Å². The minimum atomic E-state index is 0.598. The number of hydrogen-bond acceptors (Lipinski definition) is 2. The largest absolute Gasteiger partial charge is 0.347 e. The Morgan fingerprint density at radius 1 is 1.28 bits per heavy atom. The van der Waals surface area contributed by atoms with Gasteiger partial charge in [0.05, 0.1) is 0 Å². The Kier molecular flexibility index (Phi) is 5.22. The van der Waals surface area contributed by atoms with Gasteiger partial charge in [-0.1, -0.05) is 38.6 Å². The minimum Gasteiger partial charge on any atom is -0.347 e. The highest BCUT2D eigenvalue weighted by atomic mass is 15.0. The molecule has 3 rings (SSSR count). The van der Waals surface area contributed by atoms with E-state index in [0.717, 1.165) is 29.9 Å². The van der Waals surface area contributed by atoms with Crippen molar-refractivity contribution in [2.75, 3.05) is 5.32 Å². The van der Waals surface area contributed by atoms with Crippen LogP contribution in [0.25, 0.3) is 17.2 Å². The highest BCUT2D eigenvalue weighted by Crippen LogP contribution is 2.39. The summed E-state index contributed by atoms with van der Waals surface area (Å²) in [6.07, 6.45) is 11.6. The van der Waals surface area contributed by atoms with Gasteiger partial charge in [-0.05, 0) is 60.4 Å². The number of aromatic nitrogens is 1. The fourth-order valence-electron chi connectivity index (χ4n) is 3.35. The Hall–Kier alpha value is -2.55. The van der Waals surface area contributed by atoms with Crippen LogP contribution in [0.15, 0.2) is 42.7 Å². The third kappa shape index (κ3) is 3.60. The smallest absolute Gasteiger partial charge is 0.115 e. The van der Waals surface area contributed by atoms with Crippen LogP contribution >= 0.6 is 0 Å². The molecule has 25 heavy (non-hydrogen) atoms. The van der Waals surface area contributed by atoms with Crippen LogP contribution < -0.4 is 5.32 Å². The van der Waals surface area contributed by atoms with Crippen LogP contribution in [0.2, 0.25) is 0 Å². The third-order valence-corrected chi connectivity index (χ3v) is 4.90. The predicted molar refractivity (Wildman–Crippen MR) is 108 cm³/mol. The van der Waals surface area contributed by atoms with Crippen molar-refractivity contribution >= 4 is 18.1 Å². The highest BCUT2D eigenvalue weighted by Gasteiger charge is 2.25. The molecule has 0 bridgehead atoms. The van der Waals surface area contributed by atoms with Crippen LogP contribution in [-0.2, 0) is 12.8 Å². The van der Waals surface area contributed by atoms with E-state index < -0.39 is 0 Å². The number of aryl methyl sites for hydroxylation is 2. The lowest BCUT2D eigenvalue weighted by molar-refractivity contribution is 1.02. The Morgan fingerprint density at radius 2 is 1.96 bits per heavy atom. The first-order valence-electron chi connectivity index (χ1n) is 9.15. The van der Waals surface area contributed by atoms with E-state index in [1.54, 1.807) is 6.08 Å². The molecule has 0 atom stereocenters. The second-order valence-electron chi connectivity index (χ2n) is 6.60. The van der Waals surface area contributed by atoms with Crippen molar-refractivity contribution in [2.45, 2.75) is 39.5 Å². The zero-order valence-electron chi connectivity index (χ0n) is 15.2. The first kappa shape index (κ1) is 17.3. The standard InChI is InChI=1S/C22H27N3/c1-4-16-8-6-9-17(5-2)21(16)20-14-24-22(19(20)10-7-13-23)25-15(3)18-11-12-18/h6-10,13-14,18,23-25H,3-5,11-12H2,1-2H3/b10-7-,23-13?. The summed E-state index contributed by atoms with van der Waals surface area (Å²) in [5.41, 5.74) is 7.40. The maximum Gasteiger partial charge on any atom is 0.115 e. The fourth-order valence-corrected chi connectivity index (χ4v) is 3.35. The number of aromatic amines is 1. The minimum absolute atomic E-state index is 0.598. The quantitative estimate of drug-likeness (QED) is 0.525. The van der Waals surface area contributed by atoms with E-state index in [1.165, 1.54) is 41.3 Å². The van der Waals surface area contributed by atoms with Gasteiger partial charge in [-0.2, -0.15) is 0 Å². The number of H-pyrrole nitrogens is 1. The van der Waals surface area contributed by atoms with Crippen LogP contribution in [0.4, 0.5) is 5.82 Å². The van der Waals surface area contributed by atoms with Gasteiger partial charge in [0.15, 0.2) is 0 Å². The van der Waals surface area contributed by atoms with Crippen molar-refractivity contribution in [3.8, 4) is 11.1 Å². The summed E-state index contributed by atoms with van der Waals surface area (Å²) in [7, 11) is 0. The van der Waals surface area contributed by atoms with Crippen molar-refractivity contribution in [2.24, 2.45) is 5.92 Å². The number of rotatable bonds is 8. The first-order chi connectivity index (χ1) is 12.2. The second-order valence-corrected chi connectivity index (χ2v) is 6.60. The van der Waals surface area contributed by atoms with Gasteiger partial charge >= 0.3 is 0 Å². The number of hydrogen-bond donors (Lipinski definition) is 3. The topological polar surface area (TPSA) is 51.7 Å². The molecular formula is C22H27N3. The molecule has 130 valence electrons. The van der Waals surface area contributed by atoms with Gasteiger partial charge in [0, 0.05) is 29.2 Å². The van der Waals surface area contributed by atoms with E-state index in [4.69, 9.17) is 5.41 Å². The molecule has 0 spiro atoms. The van der Waals surface area contributed by atoms with Crippen molar-refractivity contribution in [3.05, 3.63) is 59.4 Å². The highest BCUT2D eigenvalue weighted by molar-refractivity contribution is 5.89. The molecule has 1 saturated carbocycles. The predicted octanol–water partition coefficient (Wildman–Crippen LogP) is 5.80. The lowest BCUT2D eigenvalue weighted by Crippen LogP contribution is -2.01. The molecule has 0 aliphatic heterocycles. The van der Waals surface area contributed by atoms with Crippen molar-refractivity contribution in [1.29, 1.82) is 5.41 Å². The van der Waals surface area contributed by atoms with Crippen LogP contribution in [0.3, 0.4) is 0 Å². The molecule has 1 fully saturated rings. The van der Waals surface area contributed by atoms with Crippen LogP contribution in [0.1, 0.15) is 43.4 Å². The number of anilines is 1. The van der Waals surface area contributed by atoms with E-state index in [-0.39, 0.29) is 0 Å². The Morgan fingerprint density at radius 3 is 2.52 bits per heavy atom. The average molecular weight is 333 g/mol. The van der Waals surface area contributed by atoms with Crippen LogP contribution in [0, 0.1) is 11.3 Å². The maximum atomic E-state index is 7.37. The number of benzene rings is 1. The van der Waals surface area contributed by atoms with Crippen molar-refractivity contribution in [1.82, 2.24) is 4.98 Å². The van der Waals surface area contributed by atoms with E-state index in [9.17, 15) is 0 Å². The van der Waals surface area contributed by atoms with Crippen LogP contribution in [-0.4, -0.2) is 11.2 Å². The average Bonchev–Trinajstić information content (AvgIpc) is 3.42. The lowest BCUT2D eigenvalue weighted by Gasteiger charge is -2.14. The Balaban J connectivity index is 2.10. The summed E-state index contributed by atoms with van der Waals surface area (Å²) in [6, 6.07) is 6.57. The number of allylic oxidation sites excluding steroid dienone is 2. The monoisotopic (exact) mass is 333 g/mol. The maximum absolute atomic E-state index is 7.37. The molecule has 3 heteroatoms. The summed E-state index contributed by atoms with van der Waals surface area (Å²) in [5.74, 6) is 1.57. The molecule has 1 aromatic heterocycles. The summed E-state index contributed by atoms with van der Waals surface area (Å²) in [6.45, 7) is 8.58. The van der Waals surface area contributed by atoms with E-state index in [2.05, 4.69) is 55.1 Å². The van der Waals surface area contributed by atoms with Crippen molar-refractivity contribution < 1.29 is 0 Å². The molecule has 2 aromatic rings. The normalized spacial score (nSPS) is 14.0. The molecule has 0 radical (unpaired) electrons. The number of nitrogens with one attached hydrogen (secondary N) is 3. The fraction of sp³-hybridized carbons (Fsp3) is 0.318. The van der Waals surface area contributed by atoms with E-state index in [0.29, 0.717) is 5.92 Å². The molecule has 0 amide bonds. The van der Waals surface area contributed by atoms with Gasteiger partial charge in [-0.25, -0.2) is 0 Å². The first-order valence-corrected chi connectivity index (χ1v) is 9.15.